The first-order chi connectivity index (χ1) is 19.4. The molecule has 0 aliphatic heterocycles. The highest BCUT2D eigenvalue weighted by atomic mass is 35.5. The predicted molar refractivity (Wildman–Crippen MR) is 164 cm³/mol. The standard InChI is InChI=1S/C32H42ClN3O4S/c1-18-17-34-30(41-18)35-27(37)10-8-20-14-26(36-39-6)32(5)12-11-21-22(29(20)32)9-7-19-13-25(40-28(38)16-33)24(15-23(19)21)31(2,3)4/h13,15,17,20-22,29H,7-12,14,16H2,1-6H3,(H,34,35,37)/t20-,21?,22?,29?,32-/m1/s1. The van der Waals surface area contributed by atoms with Gasteiger partial charge in [0.15, 0.2) is 5.13 Å². The van der Waals surface area contributed by atoms with Crippen LogP contribution in [0.25, 0.3) is 0 Å². The Labute approximate surface area is 252 Å². The van der Waals surface area contributed by atoms with E-state index in [1.807, 2.05) is 6.92 Å². The van der Waals surface area contributed by atoms with Crippen molar-refractivity contribution >= 4 is 45.7 Å². The Hall–Kier alpha value is -2.45. The van der Waals surface area contributed by atoms with Crippen LogP contribution in [0.1, 0.15) is 93.7 Å². The van der Waals surface area contributed by atoms with Gasteiger partial charge >= 0.3 is 5.97 Å². The number of benzene rings is 1. The van der Waals surface area contributed by atoms with Gasteiger partial charge in [-0.25, -0.2) is 4.98 Å². The number of hydrogen-bond donors (Lipinski definition) is 1. The Morgan fingerprint density at radius 3 is 2.71 bits per heavy atom. The van der Waals surface area contributed by atoms with Crippen molar-refractivity contribution in [2.75, 3.05) is 18.3 Å². The summed E-state index contributed by atoms with van der Waals surface area (Å²) in [5.74, 6) is 1.76. The number of amides is 1. The van der Waals surface area contributed by atoms with Crippen LogP contribution in [-0.4, -0.2) is 35.6 Å². The molecule has 7 nitrogen and oxygen atoms in total. The van der Waals surface area contributed by atoms with E-state index in [2.05, 4.69) is 55.3 Å². The van der Waals surface area contributed by atoms with Gasteiger partial charge in [-0.2, -0.15) is 0 Å². The monoisotopic (exact) mass is 599 g/mol. The fourth-order valence-electron chi connectivity index (χ4n) is 7.93. The zero-order valence-electron chi connectivity index (χ0n) is 25.0. The van der Waals surface area contributed by atoms with Crippen LogP contribution in [0.5, 0.6) is 5.75 Å². The minimum absolute atomic E-state index is 0.0216. The molecule has 5 atom stereocenters. The Bertz CT molecular complexity index is 1350. The number of esters is 1. The second-order valence-corrected chi connectivity index (χ2v) is 14.7. The van der Waals surface area contributed by atoms with E-state index in [1.165, 1.54) is 22.5 Å². The summed E-state index contributed by atoms with van der Waals surface area (Å²) in [5.41, 5.74) is 4.64. The first-order valence-electron chi connectivity index (χ1n) is 14.7. The molecule has 9 heteroatoms. The SMILES string of the molecule is CON=C1C[C@@H](CCC(=O)Nc2ncc(C)s2)C2C3CCc4cc(OC(=O)CCl)c(C(C)(C)C)cc4C3CC[C@]12C. The summed E-state index contributed by atoms with van der Waals surface area (Å²) in [6.45, 7) is 10.8. The molecule has 1 N–H and O–H groups in total. The third-order valence-corrected chi connectivity index (χ3v) is 10.7. The van der Waals surface area contributed by atoms with Gasteiger partial charge < -0.3 is 14.9 Å². The number of aromatic nitrogens is 1. The molecule has 3 aliphatic rings. The van der Waals surface area contributed by atoms with Crippen LogP contribution in [0.3, 0.4) is 0 Å². The van der Waals surface area contributed by atoms with Gasteiger partial charge in [-0.15, -0.1) is 22.9 Å². The molecule has 0 saturated heterocycles. The highest BCUT2D eigenvalue weighted by Gasteiger charge is 2.57. The maximum absolute atomic E-state index is 12.9. The molecule has 0 spiro atoms. The number of alkyl halides is 1. The molecule has 0 radical (unpaired) electrons. The maximum Gasteiger partial charge on any atom is 0.326 e. The number of oxime groups is 1. The molecule has 2 saturated carbocycles. The number of thiazole rings is 1. The fourth-order valence-corrected chi connectivity index (χ4v) is 8.66. The number of rotatable bonds is 7. The van der Waals surface area contributed by atoms with Crippen LogP contribution in [-0.2, 0) is 26.3 Å². The molecular formula is C32H42ClN3O4S. The van der Waals surface area contributed by atoms with E-state index in [-0.39, 0.29) is 22.6 Å². The number of fused-ring (bicyclic) bond motifs is 5. The second kappa shape index (κ2) is 11.7. The Morgan fingerprint density at radius 2 is 2.05 bits per heavy atom. The molecule has 1 aromatic carbocycles. The first kappa shape index (κ1) is 30.0. The predicted octanol–water partition coefficient (Wildman–Crippen LogP) is 7.40. The number of aryl methyl sites for hydroxylation is 2. The number of halogens is 1. The normalized spacial score (nSPS) is 28.0. The Balaban J connectivity index is 1.43. The molecule has 2 fully saturated rings. The molecule has 1 amide bonds. The van der Waals surface area contributed by atoms with Gasteiger partial charge in [-0.1, -0.05) is 38.9 Å². The van der Waals surface area contributed by atoms with E-state index in [9.17, 15) is 9.59 Å². The summed E-state index contributed by atoms with van der Waals surface area (Å²) < 4.78 is 5.72. The topological polar surface area (TPSA) is 89.9 Å². The van der Waals surface area contributed by atoms with Crippen molar-refractivity contribution in [3.63, 3.8) is 0 Å². The molecule has 2 aromatic rings. The zero-order chi connectivity index (χ0) is 29.5. The van der Waals surface area contributed by atoms with E-state index in [0.29, 0.717) is 41.0 Å². The quantitative estimate of drug-likeness (QED) is 0.155. The van der Waals surface area contributed by atoms with Crippen LogP contribution < -0.4 is 10.1 Å². The summed E-state index contributed by atoms with van der Waals surface area (Å²) in [4.78, 5) is 35.8. The van der Waals surface area contributed by atoms with Crippen molar-refractivity contribution in [2.45, 2.75) is 90.9 Å². The van der Waals surface area contributed by atoms with E-state index in [1.54, 1.807) is 13.3 Å². The average Bonchev–Trinajstić information content (AvgIpc) is 3.45. The van der Waals surface area contributed by atoms with Crippen molar-refractivity contribution in [3.05, 3.63) is 39.9 Å². The van der Waals surface area contributed by atoms with Crippen molar-refractivity contribution in [3.8, 4) is 5.75 Å². The average molecular weight is 600 g/mol. The molecule has 5 rings (SSSR count). The third kappa shape index (κ3) is 5.92. The summed E-state index contributed by atoms with van der Waals surface area (Å²) >= 11 is 7.28. The summed E-state index contributed by atoms with van der Waals surface area (Å²) in [6, 6.07) is 4.40. The lowest BCUT2D eigenvalue weighted by Crippen LogP contribution is -2.44. The molecule has 1 heterocycles. The van der Waals surface area contributed by atoms with Gasteiger partial charge in [0.2, 0.25) is 5.91 Å². The van der Waals surface area contributed by atoms with E-state index in [0.717, 1.165) is 54.7 Å². The first-order valence-corrected chi connectivity index (χ1v) is 16.1. The Morgan fingerprint density at radius 1 is 1.27 bits per heavy atom. The number of anilines is 1. The number of carbonyl (C=O) groups is 2. The van der Waals surface area contributed by atoms with Gasteiger partial charge in [-0.05, 0) is 91.7 Å². The molecule has 222 valence electrons. The second-order valence-electron chi connectivity index (χ2n) is 13.2. The lowest BCUT2D eigenvalue weighted by Gasteiger charge is -2.50. The van der Waals surface area contributed by atoms with Crippen molar-refractivity contribution in [1.29, 1.82) is 0 Å². The zero-order valence-corrected chi connectivity index (χ0v) is 26.6. The van der Waals surface area contributed by atoms with Crippen LogP contribution in [0.4, 0.5) is 5.13 Å². The van der Waals surface area contributed by atoms with Crippen LogP contribution in [0, 0.1) is 30.1 Å². The Kier molecular flexibility index (Phi) is 8.55. The summed E-state index contributed by atoms with van der Waals surface area (Å²) in [5, 5.41) is 8.20. The van der Waals surface area contributed by atoms with Crippen LogP contribution in [0.2, 0.25) is 0 Å². The van der Waals surface area contributed by atoms with Gasteiger partial charge in [0.25, 0.3) is 0 Å². The maximum atomic E-state index is 12.9. The third-order valence-electron chi connectivity index (χ3n) is 9.65. The number of ether oxygens (including phenoxy) is 1. The molecule has 3 aliphatic carbocycles. The van der Waals surface area contributed by atoms with Crippen molar-refractivity contribution in [1.82, 2.24) is 4.98 Å². The molecule has 41 heavy (non-hydrogen) atoms. The number of nitrogens with one attached hydrogen (secondary N) is 1. The minimum Gasteiger partial charge on any atom is -0.425 e. The lowest BCUT2D eigenvalue weighted by atomic mass is 9.53. The highest BCUT2D eigenvalue weighted by molar-refractivity contribution is 7.15. The number of carbonyl (C=O) groups excluding carboxylic acids is 2. The van der Waals surface area contributed by atoms with Gasteiger partial charge in [0.1, 0.15) is 18.7 Å². The lowest BCUT2D eigenvalue weighted by molar-refractivity contribution is -0.131. The molecular weight excluding hydrogens is 558 g/mol. The van der Waals surface area contributed by atoms with Crippen LogP contribution in [0.15, 0.2) is 23.5 Å². The smallest absolute Gasteiger partial charge is 0.326 e. The highest BCUT2D eigenvalue weighted by Crippen LogP contribution is 2.63. The van der Waals surface area contributed by atoms with E-state index >= 15 is 0 Å². The van der Waals surface area contributed by atoms with E-state index < -0.39 is 5.97 Å². The van der Waals surface area contributed by atoms with Gasteiger partial charge in [0, 0.05) is 28.5 Å². The van der Waals surface area contributed by atoms with E-state index in [4.69, 9.17) is 21.2 Å². The summed E-state index contributed by atoms with van der Waals surface area (Å²) in [6.07, 6.45) is 8.06. The number of hydrogen-bond acceptors (Lipinski definition) is 7. The molecule has 0 bridgehead atoms. The van der Waals surface area contributed by atoms with Crippen molar-refractivity contribution < 1.29 is 19.2 Å². The molecule has 3 unspecified atom stereocenters. The fraction of sp³-hybridized carbons (Fsp3) is 0.625. The summed E-state index contributed by atoms with van der Waals surface area (Å²) in [7, 11) is 1.63. The molecule has 1 aromatic heterocycles. The van der Waals surface area contributed by atoms with Crippen LogP contribution >= 0.6 is 22.9 Å². The minimum atomic E-state index is -0.424. The largest absolute Gasteiger partial charge is 0.425 e. The van der Waals surface area contributed by atoms with Gasteiger partial charge in [0.05, 0.1) is 5.71 Å². The van der Waals surface area contributed by atoms with Crippen molar-refractivity contribution in [2.24, 2.45) is 28.3 Å². The van der Waals surface area contributed by atoms with Gasteiger partial charge in [-0.3, -0.25) is 9.59 Å². The number of nitrogens with zero attached hydrogens (tertiary/aromatic N) is 2.